The van der Waals surface area contributed by atoms with Gasteiger partial charge in [0.05, 0.1) is 12.3 Å². The molecule has 1 amide bonds. The van der Waals surface area contributed by atoms with E-state index < -0.39 is 6.61 Å². The molecule has 200 valence electrons. The fourth-order valence-electron chi connectivity index (χ4n) is 4.94. The minimum atomic E-state index is -2.93. The minimum Gasteiger partial charge on any atom is -0.487 e. The standard InChI is InChI=1S/C28H36F2N4O3/c1-3-33(4-2)22-14-12-21(13-15-22)32-27(35)24-10-7-17-34(24)31-19-20-11-16-25(37-28(29)30)26(18-20)36-23-8-5-6-9-23/h11-16,18-19,23-24,28H,3-10,17H2,1-2H3,(H,32,35)/b31-19+/t24-/m0/s1. The zero-order valence-corrected chi connectivity index (χ0v) is 21.5. The van der Waals surface area contributed by atoms with Crippen molar-refractivity contribution in [2.24, 2.45) is 5.10 Å². The van der Waals surface area contributed by atoms with E-state index in [1.54, 1.807) is 23.4 Å². The smallest absolute Gasteiger partial charge is 0.387 e. The molecule has 1 aliphatic carbocycles. The fraction of sp³-hybridized carbons (Fsp3) is 0.500. The average Bonchev–Trinajstić information content (AvgIpc) is 3.58. The largest absolute Gasteiger partial charge is 0.487 e. The number of ether oxygens (including phenoxy) is 2. The van der Waals surface area contributed by atoms with Crippen LogP contribution in [0.4, 0.5) is 20.2 Å². The lowest BCUT2D eigenvalue weighted by molar-refractivity contribution is -0.120. The Hall–Kier alpha value is -3.36. The Morgan fingerprint density at radius 2 is 1.81 bits per heavy atom. The summed E-state index contributed by atoms with van der Waals surface area (Å²) in [5.41, 5.74) is 2.56. The Morgan fingerprint density at radius 1 is 1.08 bits per heavy atom. The maximum absolute atomic E-state index is 13.0. The third kappa shape index (κ3) is 7.11. The Bertz CT molecular complexity index is 1050. The average molecular weight is 515 g/mol. The van der Waals surface area contributed by atoms with E-state index in [9.17, 15) is 13.6 Å². The van der Waals surface area contributed by atoms with E-state index in [1.165, 1.54) is 6.07 Å². The fourth-order valence-corrected chi connectivity index (χ4v) is 4.94. The van der Waals surface area contributed by atoms with Gasteiger partial charge in [-0.05, 0) is 100 Å². The zero-order chi connectivity index (χ0) is 26.2. The summed E-state index contributed by atoms with van der Waals surface area (Å²) in [7, 11) is 0. The molecule has 37 heavy (non-hydrogen) atoms. The number of hydrogen-bond acceptors (Lipinski definition) is 6. The third-order valence-electron chi connectivity index (χ3n) is 6.93. The number of hydrogen-bond donors (Lipinski definition) is 1. The van der Waals surface area contributed by atoms with E-state index in [0.717, 1.165) is 56.6 Å². The highest BCUT2D eigenvalue weighted by Gasteiger charge is 2.30. The van der Waals surface area contributed by atoms with Gasteiger partial charge in [0.25, 0.3) is 0 Å². The minimum absolute atomic E-state index is 0.0000430. The second-order valence-corrected chi connectivity index (χ2v) is 9.38. The van der Waals surface area contributed by atoms with Gasteiger partial charge in [0.15, 0.2) is 11.5 Å². The number of alkyl halides is 2. The predicted molar refractivity (Wildman–Crippen MR) is 142 cm³/mol. The molecule has 7 nitrogen and oxygen atoms in total. The van der Waals surface area contributed by atoms with Gasteiger partial charge in [-0.2, -0.15) is 13.9 Å². The molecule has 0 aromatic heterocycles. The molecule has 4 rings (SSSR count). The number of nitrogens with zero attached hydrogens (tertiary/aromatic N) is 3. The molecule has 2 aromatic carbocycles. The van der Waals surface area contributed by atoms with Crippen LogP contribution in [0.1, 0.15) is 57.9 Å². The van der Waals surface area contributed by atoms with Gasteiger partial charge in [-0.15, -0.1) is 0 Å². The van der Waals surface area contributed by atoms with Crippen LogP contribution in [0, 0.1) is 0 Å². The lowest BCUT2D eigenvalue weighted by Crippen LogP contribution is -2.36. The molecule has 1 saturated heterocycles. The van der Waals surface area contributed by atoms with Crippen LogP contribution >= 0.6 is 0 Å². The number of halogens is 2. The van der Waals surface area contributed by atoms with E-state index in [-0.39, 0.29) is 23.8 Å². The van der Waals surface area contributed by atoms with Crippen LogP contribution in [-0.2, 0) is 4.79 Å². The molecule has 1 aliphatic heterocycles. The van der Waals surface area contributed by atoms with Crippen molar-refractivity contribution in [1.29, 1.82) is 0 Å². The number of anilines is 2. The summed E-state index contributed by atoms with van der Waals surface area (Å²) in [6, 6.07) is 12.3. The van der Waals surface area contributed by atoms with Crippen molar-refractivity contribution in [2.75, 3.05) is 29.9 Å². The van der Waals surface area contributed by atoms with Crippen molar-refractivity contribution in [1.82, 2.24) is 5.01 Å². The Kier molecular flexibility index (Phi) is 9.19. The molecular weight excluding hydrogens is 478 g/mol. The molecule has 0 unspecified atom stereocenters. The van der Waals surface area contributed by atoms with E-state index in [1.807, 2.05) is 24.3 Å². The van der Waals surface area contributed by atoms with Crippen molar-refractivity contribution in [3.05, 3.63) is 48.0 Å². The van der Waals surface area contributed by atoms with Crippen molar-refractivity contribution in [3.63, 3.8) is 0 Å². The van der Waals surface area contributed by atoms with Gasteiger partial charge >= 0.3 is 6.61 Å². The van der Waals surface area contributed by atoms with Crippen molar-refractivity contribution < 1.29 is 23.0 Å². The molecule has 1 atom stereocenters. The van der Waals surface area contributed by atoms with Crippen molar-refractivity contribution in [2.45, 2.75) is 71.1 Å². The van der Waals surface area contributed by atoms with Crippen LogP contribution in [0.3, 0.4) is 0 Å². The van der Waals surface area contributed by atoms with Gasteiger partial charge in [0.2, 0.25) is 5.91 Å². The molecule has 1 saturated carbocycles. The van der Waals surface area contributed by atoms with E-state index in [0.29, 0.717) is 24.3 Å². The highest BCUT2D eigenvalue weighted by molar-refractivity contribution is 5.95. The summed E-state index contributed by atoms with van der Waals surface area (Å²) in [4.78, 5) is 15.3. The van der Waals surface area contributed by atoms with Crippen LogP contribution < -0.4 is 19.7 Å². The van der Waals surface area contributed by atoms with Crippen LogP contribution in [0.15, 0.2) is 47.6 Å². The van der Waals surface area contributed by atoms with Gasteiger partial charge in [-0.3, -0.25) is 9.80 Å². The number of carbonyl (C=O) groups excluding carboxylic acids is 1. The predicted octanol–water partition coefficient (Wildman–Crippen LogP) is 5.89. The van der Waals surface area contributed by atoms with Crippen molar-refractivity contribution >= 4 is 23.5 Å². The van der Waals surface area contributed by atoms with E-state index in [2.05, 4.69) is 33.9 Å². The maximum atomic E-state index is 13.0. The van der Waals surface area contributed by atoms with Crippen LogP contribution in [0.25, 0.3) is 0 Å². The summed E-state index contributed by atoms with van der Waals surface area (Å²) in [6.45, 7) is 3.81. The highest BCUT2D eigenvalue weighted by atomic mass is 19.3. The first-order valence-electron chi connectivity index (χ1n) is 13.2. The Morgan fingerprint density at radius 3 is 2.49 bits per heavy atom. The quantitative estimate of drug-likeness (QED) is 0.379. The molecule has 9 heteroatoms. The highest BCUT2D eigenvalue weighted by Crippen LogP contribution is 2.33. The zero-order valence-electron chi connectivity index (χ0n) is 21.5. The number of amides is 1. The summed E-state index contributed by atoms with van der Waals surface area (Å²) >= 11 is 0. The number of nitrogens with one attached hydrogen (secondary N) is 1. The number of carbonyl (C=O) groups is 1. The maximum Gasteiger partial charge on any atom is 0.387 e. The molecule has 1 heterocycles. The lowest BCUT2D eigenvalue weighted by Gasteiger charge is -2.22. The van der Waals surface area contributed by atoms with E-state index >= 15 is 0 Å². The van der Waals surface area contributed by atoms with Crippen LogP contribution in [0.5, 0.6) is 11.5 Å². The Balaban J connectivity index is 1.41. The first-order chi connectivity index (χ1) is 18.0. The molecule has 2 aliphatic rings. The summed E-state index contributed by atoms with van der Waals surface area (Å²) in [6.07, 6.45) is 7.12. The Labute approximate surface area is 217 Å². The van der Waals surface area contributed by atoms with Gasteiger partial charge in [0, 0.05) is 31.0 Å². The van der Waals surface area contributed by atoms with Crippen LogP contribution in [-0.4, -0.2) is 55.5 Å². The second-order valence-electron chi connectivity index (χ2n) is 9.38. The molecule has 1 N–H and O–H groups in total. The number of rotatable bonds is 11. The summed E-state index contributed by atoms with van der Waals surface area (Å²) in [5.74, 6) is 0.209. The molecule has 0 radical (unpaired) electrons. The molecule has 0 spiro atoms. The van der Waals surface area contributed by atoms with Gasteiger partial charge < -0.3 is 19.7 Å². The van der Waals surface area contributed by atoms with Gasteiger partial charge in [-0.1, -0.05) is 0 Å². The molecular formula is C28H36F2N4O3. The topological polar surface area (TPSA) is 66.4 Å². The first kappa shape index (κ1) is 26.7. The number of hydrazone groups is 1. The van der Waals surface area contributed by atoms with Gasteiger partial charge in [0.1, 0.15) is 6.04 Å². The molecule has 2 fully saturated rings. The first-order valence-corrected chi connectivity index (χ1v) is 13.2. The third-order valence-corrected chi connectivity index (χ3v) is 6.93. The van der Waals surface area contributed by atoms with Crippen LogP contribution in [0.2, 0.25) is 0 Å². The number of benzene rings is 2. The monoisotopic (exact) mass is 514 g/mol. The second kappa shape index (κ2) is 12.7. The van der Waals surface area contributed by atoms with E-state index in [4.69, 9.17) is 4.74 Å². The summed E-state index contributed by atoms with van der Waals surface area (Å²) in [5, 5.41) is 9.34. The molecule has 0 bridgehead atoms. The molecule has 2 aromatic rings. The van der Waals surface area contributed by atoms with Gasteiger partial charge in [-0.25, -0.2) is 0 Å². The normalized spacial score (nSPS) is 18.1. The lowest BCUT2D eigenvalue weighted by atomic mass is 10.2. The summed E-state index contributed by atoms with van der Waals surface area (Å²) < 4.78 is 36.4. The van der Waals surface area contributed by atoms with Crippen molar-refractivity contribution in [3.8, 4) is 11.5 Å². The SMILES string of the molecule is CCN(CC)c1ccc(NC(=O)[C@@H]2CCCN2/N=C/c2ccc(OC(F)F)c(OC3CCCC3)c2)cc1.